The first-order chi connectivity index (χ1) is 15.5. The fourth-order valence-corrected chi connectivity index (χ4v) is 2.84. The molecule has 0 saturated heterocycles. The van der Waals surface area contributed by atoms with Gasteiger partial charge in [0, 0.05) is 5.56 Å². The van der Waals surface area contributed by atoms with E-state index in [1.54, 1.807) is 38.5 Å². The molecular formula is C25H26N4O3. The number of nitrogens with zero attached hydrogens (tertiary/aromatic N) is 2. The summed E-state index contributed by atoms with van der Waals surface area (Å²) in [5, 5.41) is 8.58. The lowest BCUT2D eigenvalue weighted by Crippen LogP contribution is -2.19. The van der Waals surface area contributed by atoms with Crippen molar-refractivity contribution in [3.8, 4) is 11.5 Å². The Kier molecular flexibility index (Phi) is 7.59. The standard InChI is InChI=1S/C25H26N4O3/c1-17(19-7-13-23(31-3)14-8-19)26-28-22-11-5-21(6-12-22)25(30)29-27-18(2)20-9-15-24(32-4)16-10-20/h5-16,28H,1-4H3,(H,29,30)/b26-17+,27-18-. The van der Waals surface area contributed by atoms with Gasteiger partial charge in [-0.1, -0.05) is 0 Å². The summed E-state index contributed by atoms with van der Waals surface area (Å²) in [4.78, 5) is 12.4. The molecule has 0 aliphatic carbocycles. The Morgan fingerprint density at radius 2 is 1.09 bits per heavy atom. The van der Waals surface area contributed by atoms with E-state index in [2.05, 4.69) is 21.1 Å². The van der Waals surface area contributed by atoms with Gasteiger partial charge in [-0.15, -0.1) is 0 Å². The van der Waals surface area contributed by atoms with Crippen molar-refractivity contribution in [1.29, 1.82) is 0 Å². The second-order valence-corrected chi connectivity index (χ2v) is 6.98. The summed E-state index contributed by atoms with van der Waals surface area (Å²) in [5.41, 5.74) is 10.3. The Bertz CT molecular complexity index is 1100. The summed E-state index contributed by atoms with van der Waals surface area (Å²) < 4.78 is 10.3. The predicted octanol–water partition coefficient (Wildman–Crippen LogP) is 4.69. The van der Waals surface area contributed by atoms with Crippen LogP contribution in [0, 0.1) is 0 Å². The Balaban J connectivity index is 1.58. The molecule has 32 heavy (non-hydrogen) atoms. The van der Waals surface area contributed by atoms with E-state index in [4.69, 9.17) is 9.47 Å². The van der Waals surface area contributed by atoms with Gasteiger partial charge in [0.15, 0.2) is 0 Å². The van der Waals surface area contributed by atoms with Crippen LogP contribution in [0.25, 0.3) is 0 Å². The molecule has 0 saturated carbocycles. The van der Waals surface area contributed by atoms with Gasteiger partial charge in [0.1, 0.15) is 11.5 Å². The zero-order chi connectivity index (χ0) is 22.9. The number of hydrogen-bond acceptors (Lipinski definition) is 6. The average molecular weight is 431 g/mol. The molecule has 0 aliphatic rings. The largest absolute Gasteiger partial charge is 0.497 e. The minimum atomic E-state index is -0.290. The number of benzene rings is 3. The number of anilines is 1. The molecule has 3 rings (SSSR count). The van der Waals surface area contributed by atoms with E-state index in [1.165, 1.54) is 0 Å². The monoisotopic (exact) mass is 430 g/mol. The number of nitrogens with one attached hydrogen (secondary N) is 2. The van der Waals surface area contributed by atoms with E-state index in [0.717, 1.165) is 34.0 Å². The van der Waals surface area contributed by atoms with E-state index < -0.39 is 0 Å². The molecule has 7 heteroatoms. The third-order valence-corrected chi connectivity index (χ3v) is 4.84. The Morgan fingerprint density at radius 3 is 1.56 bits per heavy atom. The van der Waals surface area contributed by atoms with Gasteiger partial charge in [-0.05, 0) is 97.8 Å². The maximum absolute atomic E-state index is 12.4. The number of hydrazone groups is 2. The lowest BCUT2D eigenvalue weighted by atomic mass is 10.1. The summed E-state index contributed by atoms with van der Waals surface area (Å²) in [7, 11) is 3.25. The molecule has 1 amide bonds. The van der Waals surface area contributed by atoms with Crippen molar-refractivity contribution in [2.75, 3.05) is 19.6 Å². The van der Waals surface area contributed by atoms with E-state index in [1.807, 2.05) is 62.4 Å². The van der Waals surface area contributed by atoms with Gasteiger partial charge in [0.2, 0.25) is 0 Å². The van der Waals surface area contributed by atoms with Crippen molar-refractivity contribution in [1.82, 2.24) is 5.43 Å². The molecule has 3 aromatic rings. The van der Waals surface area contributed by atoms with Crippen molar-refractivity contribution in [2.45, 2.75) is 13.8 Å². The number of rotatable bonds is 8. The van der Waals surface area contributed by atoms with Crippen LogP contribution in [0.2, 0.25) is 0 Å². The van der Waals surface area contributed by atoms with E-state index in [0.29, 0.717) is 11.3 Å². The number of amides is 1. The van der Waals surface area contributed by atoms with Crippen LogP contribution in [0.3, 0.4) is 0 Å². The number of methoxy groups -OCH3 is 2. The number of ether oxygens (including phenoxy) is 2. The molecule has 0 aromatic heterocycles. The lowest BCUT2D eigenvalue weighted by molar-refractivity contribution is 0.0955. The molecule has 2 N–H and O–H groups in total. The van der Waals surface area contributed by atoms with Gasteiger partial charge < -0.3 is 9.47 Å². The highest BCUT2D eigenvalue weighted by molar-refractivity contribution is 6.01. The van der Waals surface area contributed by atoms with Crippen LogP contribution in [0.4, 0.5) is 5.69 Å². The molecule has 3 aromatic carbocycles. The van der Waals surface area contributed by atoms with Crippen molar-refractivity contribution in [3.05, 3.63) is 89.5 Å². The molecule has 7 nitrogen and oxygen atoms in total. The summed E-state index contributed by atoms with van der Waals surface area (Å²) in [6.45, 7) is 3.75. The van der Waals surface area contributed by atoms with Gasteiger partial charge in [-0.3, -0.25) is 10.2 Å². The number of carbonyl (C=O) groups is 1. The molecule has 0 atom stereocenters. The fraction of sp³-hybridized carbons (Fsp3) is 0.160. The van der Waals surface area contributed by atoms with Crippen LogP contribution in [0.5, 0.6) is 11.5 Å². The Morgan fingerprint density at radius 1 is 0.656 bits per heavy atom. The molecule has 0 radical (unpaired) electrons. The molecule has 0 unspecified atom stereocenters. The van der Waals surface area contributed by atoms with Crippen molar-refractivity contribution in [2.24, 2.45) is 10.2 Å². The van der Waals surface area contributed by atoms with Crippen LogP contribution < -0.4 is 20.3 Å². The van der Waals surface area contributed by atoms with Gasteiger partial charge >= 0.3 is 0 Å². The van der Waals surface area contributed by atoms with Crippen LogP contribution in [0.1, 0.15) is 35.3 Å². The van der Waals surface area contributed by atoms with Crippen molar-refractivity contribution in [3.63, 3.8) is 0 Å². The second kappa shape index (κ2) is 10.8. The maximum atomic E-state index is 12.4. The predicted molar refractivity (Wildman–Crippen MR) is 128 cm³/mol. The van der Waals surface area contributed by atoms with E-state index in [-0.39, 0.29) is 5.91 Å². The highest BCUT2D eigenvalue weighted by Gasteiger charge is 2.06. The summed E-state index contributed by atoms with van der Waals surface area (Å²) in [5.74, 6) is 1.28. The quantitative estimate of drug-likeness (QED) is 0.401. The SMILES string of the molecule is COc1ccc(/C(C)=N\NC(=O)c2ccc(N/N=C(\C)c3ccc(OC)cc3)cc2)cc1. The van der Waals surface area contributed by atoms with Crippen molar-refractivity contribution < 1.29 is 14.3 Å². The Hall–Kier alpha value is -4.13. The first-order valence-corrected chi connectivity index (χ1v) is 10.0. The first-order valence-electron chi connectivity index (χ1n) is 10.0. The molecule has 0 spiro atoms. The lowest BCUT2D eigenvalue weighted by Gasteiger charge is -2.06. The molecule has 0 heterocycles. The summed E-state index contributed by atoms with van der Waals surface area (Å²) >= 11 is 0. The maximum Gasteiger partial charge on any atom is 0.271 e. The van der Waals surface area contributed by atoms with Gasteiger partial charge in [0.25, 0.3) is 5.91 Å². The number of carbonyl (C=O) groups excluding carboxylic acids is 1. The first kappa shape index (κ1) is 22.6. The Labute approximate surface area is 187 Å². The van der Waals surface area contributed by atoms with Crippen molar-refractivity contribution >= 4 is 23.0 Å². The third kappa shape index (κ3) is 5.95. The summed E-state index contributed by atoms with van der Waals surface area (Å²) in [6, 6.07) is 22.2. The molecule has 164 valence electrons. The van der Waals surface area contributed by atoms with E-state index in [9.17, 15) is 4.79 Å². The fourth-order valence-electron chi connectivity index (χ4n) is 2.84. The highest BCUT2D eigenvalue weighted by atomic mass is 16.5. The van der Waals surface area contributed by atoms with Gasteiger partial charge in [0.05, 0.1) is 31.3 Å². The third-order valence-electron chi connectivity index (χ3n) is 4.84. The highest BCUT2D eigenvalue weighted by Crippen LogP contribution is 2.14. The number of hydrogen-bond donors (Lipinski definition) is 2. The molecule has 0 bridgehead atoms. The average Bonchev–Trinajstić information content (AvgIpc) is 2.86. The molecule has 0 fully saturated rings. The molecule has 0 aliphatic heterocycles. The van der Waals surface area contributed by atoms with Gasteiger partial charge in [-0.25, -0.2) is 5.43 Å². The minimum Gasteiger partial charge on any atom is -0.497 e. The van der Waals surface area contributed by atoms with Crippen LogP contribution in [-0.2, 0) is 0 Å². The van der Waals surface area contributed by atoms with Crippen LogP contribution in [-0.4, -0.2) is 31.6 Å². The van der Waals surface area contributed by atoms with Crippen LogP contribution in [0.15, 0.2) is 83.0 Å². The minimum absolute atomic E-state index is 0.290. The van der Waals surface area contributed by atoms with Gasteiger partial charge in [-0.2, -0.15) is 10.2 Å². The van der Waals surface area contributed by atoms with E-state index >= 15 is 0 Å². The second-order valence-electron chi connectivity index (χ2n) is 6.98. The zero-order valence-electron chi connectivity index (χ0n) is 18.5. The van der Waals surface area contributed by atoms with Crippen LogP contribution >= 0.6 is 0 Å². The normalized spacial score (nSPS) is 11.6. The smallest absolute Gasteiger partial charge is 0.271 e. The molecular weight excluding hydrogens is 404 g/mol. The summed E-state index contributed by atoms with van der Waals surface area (Å²) in [6.07, 6.45) is 0. The zero-order valence-corrected chi connectivity index (χ0v) is 18.5. The topological polar surface area (TPSA) is 84.3 Å².